The highest BCUT2D eigenvalue weighted by molar-refractivity contribution is 6.06. The molecule has 0 saturated heterocycles. The zero-order valence-corrected chi connectivity index (χ0v) is 12.7. The summed E-state index contributed by atoms with van der Waals surface area (Å²) in [7, 11) is 1.92. The lowest BCUT2D eigenvalue weighted by Crippen LogP contribution is -2.26. The maximum absolute atomic E-state index is 12.1. The van der Waals surface area contributed by atoms with E-state index in [9.17, 15) is 4.79 Å². The summed E-state index contributed by atoms with van der Waals surface area (Å²) in [5.41, 5.74) is 3.57. The number of fused-ring (bicyclic) bond motifs is 1. The number of aryl methyl sites for hydroxylation is 2. The van der Waals surface area contributed by atoms with Gasteiger partial charge in [-0.3, -0.25) is 4.79 Å². The molecule has 0 bridgehead atoms. The summed E-state index contributed by atoms with van der Waals surface area (Å²) in [5, 5.41) is 1.11. The number of hydrogen-bond acceptors (Lipinski definition) is 2. The number of rotatable bonds is 3. The van der Waals surface area contributed by atoms with Crippen LogP contribution in [-0.2, 0) is 7.05 Å². The first-order valence-corrected chi connectivity index (χ1v) is 7.17. The number of hydrogen-bond donors (Lipinski definition) is 0. The number of carbonyl (C=O) groups is 1. The van der Waals surface area contributed by atoms with Gasteiger partial charge < -0.3 is 0 Å². The smallest absolute Gasteiger partial charge is 0.186 e. The zero-order valence-electron chi connectivity index (χ0n) is 12.7. The molecule has 0 aliphatic rings. The van der Waals surface area contributed by atoms with E-state index in [4.69, 9.17) is 0 Å². The van der Waals surface area contributed by atoms with Crippen molar-refractivity contribution in [2.75, 3.05) is 0 Å². The predicted molar refractivity (Wildman–Crippen MR) is 87.5 cm³/mol. The monoisotopic (exact) mass is 289 g/mol. The highest BCUT2D eigenvalue weighted by Gasteiger charge is 2.04. The minimum Gasteiger partial charge on any atom is -0.289 e. The lowest BCUT2D eigenvalue weighted by molar-refractivity contribution is -0.671. The molecule has 1 aromatic carbocycles. The quantitative estimate of drug-likeness (QED) is 0.421. The van der Waals surface area contributed by atoms with E-state index in [1.165, 1.54) is 0 Å². The molecule has 0 unspecified atom stereocenters. The molecule has 2 heterocycles. The lowest BCUT2D eigenvalue weighted by atomic mass is 10.1. The van der Waals surface area contributed by atoms with E-state index in [-0.39, 0.29) is 5.78 Å². The molecule has 2 aromatic heterocycles. The number of aromatic nitrogens is 2. The third-order valence-electron chi connectivity index (χ3n) is 3.61. The molecule has 0 N–H and O–H groups in total. The lowest BCUT2D eigenvalue weighted by Gasteiger charge is -2.02. The van der Waals surface area contributed by atoms with Gasteiger partial charge in [0, 0.05) is 23.1 Å². The van der Waals surface area contributed by atoms with Crippen molar-refractivity contribution in [3.63, 3.8) is 0 Å². The summed E-state index contributed by atoms with van der Waals surface area (Å²) >= 11 is 0. The molecular weight excluding hydrogens is 272 g/mol. The Labute approximate surface area is 129 Å². The molecule has 0 radical (unpaired) electrons. The van der Waals surface area contributed by atoms with Crippen molar-refractivity contribution in [3.05, 3.63) is 77.8 Å². The molecule has 0 fully saturated rings. The number of allylic oxidation sites excluding steroid dienone is 1. The van der Waals surface area contributed by atoms with E-state index >= 15 is 0 Å². The Bertz CT molecular complexity index is 864. The molecule has 3 nitrogen and oxygen atoms in total. The van der Waals surface area contributed by atoms with Crippen LogP contribution in [-0.4, -0.2) is 10.8 Å². The van der Waals surface area contributed by atoms with Crippen LogP contribution in [0.1, 0.15) is 21.6 Å². The first-order chi connectivity index (χ1) is 10.6. The normalized spacial score (nSPS) is 11.2. The minimum absolute atomic E-state index is 0.0210. The van der Waals surface area contributed by atoms with Crippen molar-refractivity contribution in [3.8, 4) is 0 Å². The third kappa shape index (κ3) is 2.93. The fraction of sp³-hybridized carbons (Fsp3) is 0.105. The summed E-state index contributed by atoms with van der Waals surface area (Å²) in [6.07, 6.45) is 7.06. The Hall–Kier alpha value is -2.81. The van der Waals surface area contributed by atoms with Crippen LogP contribution in [0.15, 0.2) is 60.9 Å². The van der Waals surface area contributed by atoms with Gasteiger partial charge in [0.1, 0.15) is 7.05 Å². The van der Waals surface area contributed by atoms with Gasteiger partial charge in [-0.2, -0.15) is 0 Å². The zero-order chi connectivity index (χ0) is 15.5. The van der Waals surface area contributed by atoms with Crippen LogP contribution in [0.25, 0.3) is 17.0 Å². The second-order valence-electron chi connectivity index (χ2n) is 5.33. The molecule has 0 aliphatic heterocycles. The van der Waals surface area contributed by atoms with Gasteiger partial charge in [0.25, 0.3) is 0 Å². The fourth-order valence-electron chi connectivity index (χ4n) is 2.33. The van der Waals surface area contributed by atoms with E-state index in [0.717, 1.165) is 22.2 Å². The fourth-order valence-corrected chi connectivity index (χ4v) is 2.33. The summed E-state index contributed by atoms with van der Waals surface area (Å²) in [6.45, 7) is 2.04. The summed E-state index contributed by atoms with van der Waals surface area (Å²) < 4.78 is 1.90. The van der Waals surface area contributed by atoms with Gasteiger partial charge >= 0.3 is 0 Å². The highest BCUT2D eigenvalue weighted by atomic mass is 16.1. The number of carbonyl (C=O) groups excluding carboxylic acids is 1. The SMILES string of the molecule is Cc1cccc2ccc(/C=C/C(=O)c3cc[n+](C)cc3)nc12. The summed E-state index contributed by atoms with van der Waals surface area (Å²) in [6, 6.07) is 13.7. The van der Waals surface area contributed by atoms with Crippen LogP contribution < -0.4 is 4.57 Å². The Balaban J connectivity index is 1.87. The van der Waals surface area contributed by atoms with E-state index in [1.807, 2.05) is 73.4 Å². The maximum atomic E-state index is 12.1. The largest absolute Gasteiger partial charge is 0.289 e. The van der Waals surface area contributed by atoms with Crippen molar-refractivity contribution in [2.45, 2.75) is 6.92 Å². The molecule has 22 heavy (non-hydrogen) atoms. The van der Waals surface area contributed by atoms with Gasteiger partial charge in [-0.1, -0.05) is 24.3 Å². The first kappa shape index (κ1) is 14.1. The predicted octanol–water partition coefficient (Wildman–Crippen LogP) is 3.26. The Morgan fingerprint density at radius 3 is 2.64 bits per heavy atom. The van der Waals surface area contributed by atoms with Crippen LogP contribution in [0.3, 0.4) is 0 Å². The van der Waals surface area contributed by atoms with Crippen LogP contribution in [0.4, 0.5) is 0 Å². The second kappa shape index (κ2) is 5.90. The summed E-state index contributed by atoms with van der Waals surface area (Å²) in [4.78, 5) is 16.7. The molecular formula is C19H17N2O+. The second-order valence-corrected chi connectivity index (χ2v) is 5.33. The van der Waals surface area contributed by atoms with Crippen LogP contribution >= 0.6 is 0 Å². The van der Waals surface area contributed by atoms with Crippen molar-refractivity contribution in [1.29, 1.82) is 0 Å². The van der Waals surface area contributed by atoms with E-state index < -0.39 is 0 Å². The Kier molecular flexibility index (Phi) is 3.79. The summed E-state index contributed by atoms with van der Waals surface area (Å²) in [5.74, 6) is -0.0210. The molecule has 3 rings (SSSR count). The average molecular weight is 289 g/mol. The van der Waals surface area contributed by atoms with Crippen molar-refractivity contribution in [1.82, 2.24) is 4.98 Å². The van der Waals surface area contributed by atoms with E-state index in [0.29, 0.717) is 5.56 Å². The molecule has 0 spiro atoms. The Morgan fingerprint density at radius 1 is 1.09 bits per heavy atom. The topological polar surface area (TPSA) is 33.8 Å². The van der Waals surface area contributed by atoms with Gasteiger partial charge in [0.15, 0.2) is 18.2 Å². The first-order valence-electron chi connectivity index (χ1n) is 7.17. The molecule has 3 aromatic rings. The van der Waals surface area contributed by atoms with E-state index in [2.05, 4.69) is 4.98 Å². The van der Waals surface area contributed by atoms with Crippen LogP contribution in [0.5, 0.6) is 0 Å². The molecule has 0 amide bonds. The van der Waals surface area contributed by atoms with Crippen molar-refractivity contribution >= 4 is 22.8 Å². The molecule has 0 atom stereocenters. The number of ketones is 1. The Morgan fingerprint density at radius 2 is 1.86 bits per heavy atom. The van der Waals surface area contributed by atoms with Gasteiger partial charge in [0.2, 0.25) is 0 Å². The highest BCUT2D eigenvalue weighted by Crippen LogP contribution is 2.17. The van der Waals surface area contributed by atoms with Crippen LogP contribution in [0, 0.1) is 6.92 Å². The molecule has 3 heteroatoms. The number of pyridine rings is 2. The van der Waals surface area contributed by atoms with Gasteiger partial charge in [-0.05, 0) is 30.7 Å². The molecule has 0 aliphatic carbocycles. The van der Waals surface area contributed by atoms with Gasteiger partial charge in [0.05, 0.1) is 11.2 Å². The van der Waals surface area contributed by atoms with Gasteiger partial charge in [-0.15, -0.1) is 0 Å². The van der Waals surface area contributed by atoms with Crippen molar-refractivity contribution < 1.29 is 9.36 Å². The average Bonchev–Trinajstić information content (AvgIpc) is 2.54. The maximum Gasteiger partial charge on any atom is 0.186 e. The van der Waals surface area contributed by atoms with Gasteiger partial charge in [-0.25, -0.2) is 9.55 Å². The van der Waals surface area contributed by atoms with E-state index in [1.54, 1.807) is 12.2 Å². The van der Waals surface area contributed by atoms with Crippen molar-refractivity contribution in [2.24, 2.45) is 7.05 Å². The minimum atomic E-state index is -0.0210. The number of benzene rings is 1. The third-order valence-corrected chi connectivity index (χ3v) is 3.61. The number of para-hydroxylation sites is 1. The molecule has 108 valence electrons. The molecule has 0 saturated carbocycles. The standard InChI is InChI=1S/C19H17N2O/c1-14-4-3-5-16-6-7-17(20-19(14)16)8-9-18(22)15-10-12-21(2)13-11-15/h3-13H,1-2H3/q+1/b9-8+. The number of nitrogens with zero attached hydrogens (tertiary/aromatic N) is 2. The van der Waals surface area contributed by atoms with Crippen LogP contribution in [0.2, 0.25) is 0 Å².